The Labute approximate surface area is 253 Å². The van der Waals surface area contributed by atoms with Crippen molar-refractivity contribution in [3.8, 4) is 0 Å². The van der Waals surface area contributed by atoms with Gasteiger partial charge in [0.05, 0.1) is 0 Å². The van der Waals surface area contributed by atoms with Crippen LogP contribution in [0.25, 0.3) is 0 Å². The normalized spacial score (nSPS) is 12.4. The lowest BCUT2D eigenvalue weighted by atomic mass is 10.1. The van der Waals surface area contributed by atoms with Crippen LogP contribution >= 0.6 is 11.6 Å². The number of carbonyl (C=O) groups is 3. The molecule has 11 heteroatoms. The highest BCUT2D eigenvalue weighted by Crippen LogP contribution is 2.20. The predicted molar refractivity (Wildman–Crippen MR) is 165 cm³/mol. The van der Waals surface area contributed by atoms with E-state index in [1.807, 2.05) is 25.1 Å². The summed E-state index contributed by atoms with van der Waals surface area (Å²) < 4.78 is 10.8. The number of rotatable bonds is 20. The van der Waals surface area contributed by atoms with E-state index in [0.717, 1.165) is 36.3 Å². The van der Waals surface area contributed by atoms with Gasteiger partial charge < -0.3 is 35.2 Å². The quantitative estimate of drug-likeness (QED) is 0.151. The molecule has 2 atom stereocenters. The molecule has 1 amide bonds. The van der Waals surface area contributed by atoms with Gasteiger partial charge in [-0.25, -0.2) is 9.59 Å². The standard InChI is InChI=1S/C31H44ClN3O7/c1-21-10-12-24(18-23(21)3)33-14-6-5-8-16-35(4)30(38)28(29(31(39)40)42-20-27(36)37)41-17-9-7-15-34-25-13-11-22(2)26(32)19-25/h10-13,18-19,28-29,33-34H,5-9,14-17,20H2,1-4H3,(H,36,37)(H,39,40). The molecule has 232 valence electrons. The van der Waals surface area contributed by atoms with Crippen molar-refractivity contribution >= 4 is 40.8 Å². The van der Waals surface area contributed by atoms with Gasteiger partial charge in [-0.2, -0.15) is 0 Å². The molecule has 0 saturated carbocycles. The van der Waals surface area contributed by atoms with E-state index in [4.69, 9.17) is 26.2 Å². The van der Waals surface area contributed by atoms with Gasteiger partial charge in [0.1, 0.15) is 6.61 Å². The second-order valence-corrected chi connectivity index (χ2v) is 10.8. The van der Waals surface area contributed by atoms with Crippen LogP contribution in [0.15, 0.2) is 36.4 Å². The van der Waals surface area contributed by atoms with Crippen molar-refractivity contribution in [1.29, 1.82) is 0 Å². The number of nitrogens with one attached hydrogen (secondary N) is 2. The van der Waals surface area contributed by atoms with E-state index < -0.39 is 36.7 Å². The molecule has 0 aliphatic heterocycles. The molecule has 42 heavy (non-hydrogen) atoms. The topological polar surface area (TPSA) is 137 Å². The third-order valence-corrected chi connectivity index (χ3v) is 7.31. The van der Waals surface area contributed by atoms with Crippen LogP contribution in [-0.2, 0) is 23.9 Å². The number of aliphatic carboxylic acids is 2. The van der Waals surface area contributed by atoms with Gasteiger partial charge in [-0.15, -0.1) is 0 Å². The lowest BCUT2D eigenvalue weighted by Crippen LogP contribution is -2.50. The van der Waals surface area contributed by atoms with Crippen LogP contribution in [0.5, 0.6) is 0 Å². The van der Waals surface area contributed by atoms with Gasteiger partial charge in [0.2, 0.25) is 0 Å². The van der Waals surface area contributed by atoms with Crippen LogP contribution in [0.3, 0.4) is 0 Å². The van der Waals surface area contributed by atoms with Crippen molar-refractivity contribution in [2.75, 3.05) is 50.5 Å². The van der Waals surface area contributed by atoms with Crippen LogP contribution in [0.2, 0.25) is 5.02 Å². The molecule has 2 rings (SSSR count). The average molecular weight is 606 g/mol. The third-order valence-electron chi connectivity index (χ3n) is 6.90. The minimum absolute atomic E-state index is 0.102. The molecule has 0 aliphatic rings. The SMILES string of the molecule is Cc1ccc(NCCCCCN(C)C(=O)C(OCCCCNc2ccc(C)c(Cl)c2)C(OCC(=O)O)C(=O)O)cc1C. The van der Waals surface area contributed by atoms with Crippen LogP contribution in [-0.4, -0.2) is 85.1 Å². The summed E-state index contributed by atoms with van der Waals surface area (Å²) in [5.41, 5.74) is 5.42. The van der Waals surface area contributed by atoms with E-state index in [1.54, 1.807) is 7.05 Å². The summed E-state index contributed by atoms with van der Waals surface area (Å²) in [4.78, 5) is 37.6. The zero-order chi connectivity index (χ0) is 31.1. The molecule has 0 heterocycles. The summed E-state index contributed by atoms with van der Waals surface area (Å²) in [7, 11) is 1.58. The second kappa shape index (κ2) is 18.3. The number of likely N-dealkylation sites (N-methyl/N-ethyl adjacent to an activating group) is 1. The smallest absolute Gasteiger partial charge is 0.336 e. The molecule has 0 radical (unpaired) electrons. The van der Waals surface area contributed by atoms with Gasteiger partial charge in [-0.1, -0.05) is 23.7 Å². The van der Waals surface area contributed by atoms with E-state index in [2.05, 4.69) is 42.7 Å². The summed E-state index contributed by atoms with van der Waals surface area (Å²) >= 11 is 6.16. The monoisotopic (exact) mass is 605 g/mol. The number of carbonyl (C=O) groups excluding carboxylic acids is 1. The maximum Gasteiger partial charge on any atom is 0.336 e. The highest BCUT2D eigenvalue weighted by Gasteiger charge is 2.37. The number of carboxylic acid groups (broad SMARTS) is 2. The number of amides is 1. The van der Waals surface area contributed by atoms with Crippen LogP contribution in [0.4, 0.5) is 11.4 Å². The number of carboxylic acids is 2. The van der Waals surface area contributed by atoms with Crippen molar-refractivity contribution in [2.45, 2.75) is 65.1 Å². The number of hydrogen-bond acceptors (Lipinski definition) is 7. The highest BCUT2D eigenvalue weighted by molar-refractivity contribution is 6.31. The van der Waals surface area contributed by atoms with Gasteiger partial charge in [0, 0.05) is 49.7 Å². The van der Waals surface area contributed by atoms with E-state index in [9.17, 15) is 19.5 Å². The Balaban J connectivity index is 1.83. The number of halogens is 1. The zero-order valence-electron chi connectivity index (χ0n) is 25.0. The molecule has 0 aromatic heterocycles. The molecular formula is C31H44ClN3O7. The molecular weight excluding hydrogens is 562 g/mol. The number of unbranched alkanes of at least 4 members (excludes halogenated alkanes) is 3. The van der Waals surface area contributed by atoms with Crippen molar-refractivity contribution < 1.29 is 34.1 Å². The van der Waals surface area contributed by atoms with E-state index in [-0.39, 0.29) is 6.61 Å². The lowest BCUT2D eigenvalue weighted by Gasteiger charge is -2.27. The lowest BCUT2D eigenvalue weighted by molar-refractivity contribution is -0.175. The van der Waals surface area contributed by atoms with Crippen molar-refractivity contribution in [3.63, 3.8) is 0 Å². The molecule has 0 spiro atoms. The summed E-state index contributed by atoms with van der Waals surface area (Å²) in [6, 6.07) is 11.9. The number of ether oxygens (including phenoxy) is 2. The fourth-order valence-electron chi connectivity index (χ4n) is 4.17. The van der Waals surface area contributed by atoms with Gasteiger partial charge in [-0.3, -0.25) is 4.79 Å². The summed E-state index contributed by atoms with van der Waals surface area (Å²) in [5.74, 6) is -3.36. The van der Waals surface area contributed by atoms with E-state index in [1.165, 1.54) is 16.0 Å². The van der Waals surface area contributed by atoms with Crippen LogP contribution in [0.1, 0.15) is 48.8 Å². The average Bonchev–Trinajstić information content (AvgIpc) is 2.94. The van der Waals surface area contributed by atoms with Crippen molar-refractivity contribution in [1.82, 2.24) is 4.90 Å². The van der Waals surface area contributed by atoms with Gasteiger partial charge in [0.25, 0.3) is 5.91 Å². The first-order valence-corrected chi connectivity index (χ1v) is 14.6. The number of anilines is 2. The largest absolute Gasteiger partial charge is 0.480 e. The molecule has 2 unspecified atom stereocenters. The molecule has 0 bridgehead atoms. The number of benzene rings is 2. The van der Waals surface area contributed by atoms with Gasteiger partial charge >= 0.3 is 11.9 Å². The first-order chi connectivity index (χ1) is 20.0. The van der Waals surface area contributed by atoms with Gasteiger partial charge in [-0.05, 0) is 93.8 Å². The Morgan fingerprint density at radius 1 is 0.810 bits per heavy atom. The minimum atomic E-state index is -1.74. The Hall–Kier alpha value is -3.34. The zero-order valence-corrected chi connectivity index (χ0v) is 25.7. The van der Waals surface area contributed by atoms with E-state index in [0.29, 0.717) is 37.4 Å². The van der Waals surface area contributed by atoms with E-state index >= 15 is 0 Å². The molecule has 0 fully saturated rings. The Morgan fingerprint density at radius 2 is 1.43 bits per heavy atom. The number of aryl methyl sites for hydroxylation is 3. The molecule has 0 aliphatic carbocycles. The predicted octanol–water partition coefficient (Wildman–Crippen LogP) is 5.14. The minimum Gasteiger partial charge on any atom is -0.480 e. The Kier molecular flexibility index (Phi) is 15.1. The number of nitrogens with zero attached hydrogens (tertiary/aromatic N) is 1. The molecule has 4 N–H and O–H groups in total. The summed E-state index contributed by atoms with van der Waals surface area (Å²) in [6.07, 6.45) is 0.486. The fourth-order valence-corrected chi connectivity index (χ4v) is 4.35. The van der Waals surface area contributed by atoms with Crippen molar-refractivity contribution in [2.24, 2.45) is 0 Å². The second-order valence-electron chi connectivity index (χ2n) is 10.4. The highest BCUT2D eigenvalue weighted by atomic mass is 35.5. The van der Waals surface area contributed by atoms with Crippen LogP contribution < -0.4 is 10.6 Å². The van der Waals surface area contributed by atoms with Crippen LogP contribution in [0, 0.1) is 20.8 Å². The molecule has 0 saturated heterocycles. The molecule has 10 nitrogen and oxygen atoms in total. The molecule has 2 aromatic rings. The Bertz CT molecular complexity index is 1180. The number of hydrogen-bond donors (Lipinski definition) is 4. The first-order valence-electron chi connectivity index (χ1n) is 14.2. The summed E-state index contributed by atoms with van der Waals surface area (Å²) in [5, 5.41) is 26.0. The van der Waals surface area contributed by atoms with Gasteiger partial charge in [0.15, 0.2) is 12.2 Å². The van der Waals surface area contributed by atoms with Crippen molar-refractivity contribution in [3.05, 3.63) is 58.1 Å². The fraction of sp³-hybridized carbons (Fsp3) is 0.516. The summed E-state index contributed by atoms with van der Waals surface area (Å²) in [6.45, 7) is 7.14. The Morgan fingerprint density at radius 3 is 2.02 bits per heavy atom. The maximum absolute atomic E-state index is 13.2. The molecule has 2 aromatic carbocycles. The first kappa shape index (κ1) is 34.9. The maximum atomic E-state index is 13.2. The third kappa shape index (κ3) is 12.3.